The van der Waals surface area contributed by atoms with Crippen LogP contribution in [0.25, 0.3) is 0 Å². The molecule has 0 aliphatic rings. The molecular weight excluding hydrogens is 444 g/mol. The molecule has 8 nitrogen and oxygen atoms in total. The van der Waals surface area contributed by atoms with Gasteiger partial charge in [-0.05, 0) is 32.1 Å². The molecule has 0 saturated carbocycles. The molecule has 3 N–H and O–H groups in total. The van der Waals surface area contributed by atoms with Crippen molar-refractivity contribution in [2.45, 2.75) is 96.8 Å². The number of carbonyl (C=O) groups is 1. The Hall–Kier alpha value is -1.00. The molecule has 0 spiro atoms. The number of aliphatic hydroxyl groups excluding tert-OH is 1. The van der Waals surface area contributed by atoms with Crippen molar-refractivity contribution in [2.24, 2.45) is 0 Å². The first-order valence-corrected chi connectivity index (χ1v) is 13.9. The van der Waals surface area contributed by atoms with E-state index in [2.05, 4.69) is 28.6 Å². The molecule has 0 bridgehead atoms. The Labute approximate surface area is 203 Å². The van der Waals surface area contributed by atoms with E-state index >= 15 is 0 Å². The van der Waals surface area contributed by atoms with Crippen LogP contribution in [-0.4, -0.2) is 64.4 Å². The van der Waals surface area contributed by atoms with Crippen LogP contribution in [-0.2, 0) is 19.4 Å². The van der Waals surface area contributed by atoms with Gasteiger partial charge >= 0.3 is 0 Å². The molecule has 0 aliphatic heterocycles. The zero-order valence-electron chi connectivity index (χ0n) is 21.3. The van der Waals surface area contributed by atoms with E-state index in [0.717, 1.165) is 33.0 Å². The summed E-state index contributed by atoms with van der Waals surface area (Å²) >= 11 is 0. The van der Waals surface area contributed by atoms with E-state index in [1.165, 1.54) is 75.5 Å². The van der Waals surface area contributed by atoms with E-state index in [9.17, 15) is 17.8 Å². The maximum Gasteiger partial charge on any atom is 0.220 e. The highest BCUT2D eigenvalue weighted by Crippen LogP contribution is 2.09. The number of unbranched alkanes of at least 4 members (excludes halogenated alkanes) is 11. The molecule has 0 rings (SSSR count). The van der Waals surface area contributed by atoms with Crippen LogP contribution in [0.4, 0.5) is 0 Å². The molecule has 0 aliphatic carbocycles. The van der Waals surface area contributed by atoms with Crippen molar-refractivity contribution < 1.29 is 32.0 Å². The van der Waals surface area contributed by atoms with Crippen LogP contribution in [0.3, 0.4) is 0 Å². The van der Waals surface area contributed by atoms with Crippen molar-refractivity contribution in [3.05, 3.63) is 12.2 Å². The maximum atomic E-state index is 11.7. The van der Waals surface area contributed by atoms with Gasteiger partial charge in [0.1, 0.15) is 6.54 Å². The fourth-order valence-corrected chi connectivity index (χ4v) is 3.18. The number of hydrogen-bond donors (Lipinski definition) is 3. The van der Waals surface area contributed by atoms with Crippen molar-refractivity contribution in [3.63, 3.8) is 0 Å². The minimum atomic E-state index is -4.41. The van der Waals surface area contributed by atoms with Gasteiger partial charge in [0, 0.05) is 6.42 Å². The lowest BCUT2D eigenvalue weighted by molar-refractivity contribution is -0.878. The van der Waals surface area contributed by atoms with Crippen molar-refractivity contribution in [1.82, 2.24) is 5.32 Å². The van der Waals surface area contributed by atoms with Crippen molar-refractivity contribution in [1.29, 1.82) is 0 Å². The third kappa shape index (κ3) is 33.3. The van der Waals surface area contributed by atoms with E-state index in [4.69, 9.17) is 5.11 Å². The fraction of sp³-hybridized carbons (Fsp3) is 0.875. The topological polar surface area (TPSA) is 120 Å². The van der Waals surface area contributed by atoms with E-state index in [0.29, 0.717) is 13.0 Å². The lowest BCUT2D eigenvalue weighted by atomic mass is 10.1. The smallest absolute Gasteiger partial charge is 0.220 e. The van der Waals surface area contributed by atoms with Gasteiger partial charge in [0.2, 0.25) is 16.3 Å². The SMILES string of the molecule is CCCCCCCC/C=C\CCCCCCCC(=O)NCC[NH+](C)CCO.COS(=O)(=O)[O-]. The first-order valence-electron chi connectivity index (χ1n) is 12.6. The van der Waals surface area contributed by atoms with Gasteiger partial charge in [0.15, 0.2) is 0 Å². The third-order valence-electron chi connectivity index (χ3n) is 5.28. The van der Waals surface area contributed by atoms with Crippen LogP contribution >= 0.6 is 0 Å². The van der Waals surface area contributed by atoms with Gasteiger partial charge in [-0.15, -0.1) is 0 Å². The monoisotopic (exact) mass is 494 g/mol. The number of amides is 1. The van der Waals surface area contributed by atoms with E-state index in [1.807, 2.05) is 7.05 Å². The Balaban J connectivity index is 0. The highest BCUT2D eigenvalue weighted by atomic mass is 32.3. The highest BCUT2D eigenvalue weighted by Gasteiger charge is 2.03. The van der Waals surface area contributed by atoms with Crippen LogP contribution in [0.5, 0.6) is 0 Å². The number of rotatable bonds is 21. The summed E-state index contributed by atoms with van der Waals surface area (Å²) in [5.74, 6) is 0.171. The highest BCUT2D eigenvalue weighted by molar-refractivity contribution is 7.80. The van der Waals surface area contributed by atoms with E-state index < -0.39 is 10.4 Å². The van der Waals surface area contributed by atoms with Crippen molar-refractivity contribution in [2.75, 3.05) is 40.4 Å². The van der Waals surface area contributed by atoms with E-state index in [-0.39, 0.29) is 12.5 Å². The van der Waals surface area contributed by atoms with Gasteiger partial charge in [0.05, 0.1) is 33.9 Å². The zero-order valence-corrected chi connectivity index (χ0v) is 22.1. The van der Waals surface area contributed by atoms with Gasteiger partial charge in [-0.3, -0.25) is 8.98 Å². The molecule has 1 atom stereocenters. The van der Waals surface area contributed by atoms with Crippen LogP contribution < -0.4 is 10.2 Å². The summed E-state index contributed by atoms with van der Waals surface area (Å²) in [6.45, 7) is 4.79. The predicted octanol–water partition coefficient (Wildman–Crippen LogP) is 2.74. The number of nitrogens with one attached hydrogen (secondary N) is 2. The van der Waals surface area contributed by atoms with Crippen molar-refractivity contribution >= 4 is 16.3 Å². The third-order valence-corrected chi connectivity index (χ3v) is 5.69. The largest absolute Gasteiger partial charge is 0.726 e. The average Bonchev–Trinajstić information content (AvgIpc) is 2.76. The van der Waals surface area contributed by atoms with Gasteiger partial charge in [-0.1, -0.05) is 70.4 Å². The molecular formula is C24H50N2O6S. The molecule has 0 aromatic heterocycles. The lowest BCUT2D eigenvalue weighted by Gasteiger charge is -2.12. The summed E-state index contributed by atoms with van der Waals surface area (Å²) in [6, 6.07) is 0. The van der Waals surface area contributed by atoms with Crippen LogP contribution in [0, 0.1) is 0 Å². The fourth-order valence-electron chi connectivity index (χ4n) is 3.18. The summed E-state index contributed by atoms with van der Waals surface area (Å²) in [5, 5.41) is 11.8. The molecule has 33 heavy (non-hydrogen) atoms. The molecule has 0 fully saturated rings. The maximum absolute atomic E-state index is 11.7. The number of carbonyl (C=O) groups excluding carboxylic acids is 1. The molecule has 1 unspecified atom stereocenters. The van der Waals surface area contributed by atoms with E-state index in [1.54, 1.807) is 0 Å². The molecule has 1 amide bonds. The molecule has 0 heterocycles. The van der Waals surface area contributed by atoms with Crippen molar-refractivity contribution in [3.8, 4) is 0 Å². The van der Waals surface area contributed by atoms with Gasteiger partial charge in [-0.25, -0.2) is 8.42 Å². The normalized spacial score (nSPS) is 12.4. The summed E-state index contributed by atoms with van der Waals surface area (Å²) in [5.41, 5.74) is 0. The number of likely N-dealkylation sites (N-methyl/N-ethyl adjacent to an activating group) is 1. The molecule has 9 heteroatoms. The Morgan fingerprint density at radius 3 is 1.91 bits per heavy atom. The summed E-state index contributed by atoms with van der Waals surface area (Å²) in [4.78, 5) is 13.0. The lowest BCUT2D eigenvalue weighted by Crippen LogP contribution is -3.10. The predicted molar refractivity (Wildman–Crippen MR) is 133 cm³/mol. The molecule has 0 radical (unpaired) electrons. The zero-order chi connectivity index (χ0) is 25.2. The number of hydrogen-bond acceptors (Lipinski definition) is 6. The Morgan fingerprint density at radius 2 is 1.42 bits per heavy atom. The minimum Gasteiger partial charge on any atom is -0.726 e. The molecule has 0 aromatic rings. The Kier molecular flexibility index (Phi) is 26.5. The first kappa shape index (κ1) is 34.2. The van der Waals surface area contributed by atoms with Crippen LogP contribution in [0.2, 0.25) is 0 Å². The number of allylic oxidation sites excluding steroid dienone is 2. The summed E-state index contributed by atoms with van der Waals surface area (Å²) < 4.78 is 31.0. The van der Waals surface area contributed by atoms with Gasteiger partial charge in [0.25, 0.3) is 0 Å². The number of aliphatic hydroxyl groups is 1. The van der Waals surface area contributed by atoms with Gasteiger partial charge < -0.3 is 19.9 Å². The quantitative estimate of drug-likeness (QED) is 0.0977. The average molecular weight is 495 g/mol. The van der Waals surface area contributed by atoms with Crippen LogP contribution in [0.15, 0.2) is 12.2 Å². The Bertz CT molecular complexity index is 555. The summed E-state index contributed by atoms with van der Waals surface area (Å²) in [7, 11) is -1.57. The second-order valence-corrected chi connectivity index (χ2v) is 9.59. The summed E-state index contributed by atoms with van der Waals surface area (Å²) in [6.07, 6.45) is 22.0. The number of quaternary nitrogens is 1. The second kappa shape index (κ2) is 25.6. The second-order valence-electron chi connectivity index (χ2n) is 8.44. The first-order chi connectivity index (χ1) is 15.8. The standard InChI is InChI=1S/C23H46N2O2.CH4O4S/c1-3-4-5-6-7-8-9-10-11-12-13-14-15-16-17-18-23(27)24-19-20-25(2)21-22-26;1-5-6(2,3)4/h10-11,26H,3-9,12-22H2,1-2H3,(H,24,27);1H3,(H,2,3,4)/b11-10-;. The molecule has 0 aromatic carbocycles. The Morgan fingerprint density at radius 1 is 0.939 bits per heavy atom. The van der Waals surface area contributed by atoms with Crippen LogP contribution in [0.1, 0.15) is 96.8 Å². The molecule has 0 saturated heterocycles. The molecule has 198 valence electrons. The minimum absolute atomic E-state index is 0.171. The van der Waals surface area contributed by atoms with Gasteiger partial charge in [-0.2, -0.15) is 0 Å².